The summed E-state index contributed by atoms with van der Waals surface area (Å²) in [6.45, 7) is 4.43. The van der Waals surface area contributed by atoms with Gasteiger partial charge in [0.2, 0.25) is 0 Å². The summed E-state index contributed by atoms with van der Waals surface area (Å²) in [5, 5.41) is 14.4. The average molecular weight is 285 g/mol. The van der Waals surface area contributed by atoms with Crippen LogP contribution in [0, 0.1) is 5.92 Å². The van der Waals surface area contributed by atoms with E-state index in [-0.39, 0.29) is 11.5 Å². The lowest BCUT2D eigenvalue weighted by atomic mass is 9.75. The predicted molar refractivity (Wildman–Crippen MR) is 77.7 cm³/mol. The molecule has 1 aliphatic rings. The van der Waals surface area contributed by atoms with Crippen LogP contribution in [0.2, 0.25) is 0 Å². The molecule has 0 heterocycles. The summed E-state index contributed by atoms with van der Waals surface area (Å²) in [6.07, 6.45) is 3.73. The highest BCUT2D eigenvalue weighted by Gasteiger charge is 2.39. The standard InChI is InChI=1S/C14H27N3O3/c1-10(2)8-11(12(18)19)16-13(20)15-9-14(17(3)4)6-5-7-14/h10-11H,5-9H2,1-4H3,(H,18,19)(H2,15,16,20)/t11-/m1/s1. The van der Waals surface area contributed by atoms with Gasteiger partial charge in [0.1, 0.15) is 6.04 Å². The number of carboxylic acids is 1. The Kier molecular flexibility index (Phi) is 5.80. The van der Waals surface area contributed by atoms with Crippen molar-refractivity contribution in [2.75, 3.05) is 20.6 Å². The third-order valence-electron chi connectivity index (χ3n) is 4.12. The van der Waals surface area contributed by atoms with Crippen LogP contribution >= 0.6 is 0 Å². The van der Waals surface area contributed by atoms with Gasteiger partial charge in [0, 0.05) is 12.1 Å². The molecule has 0 unspecified atom stereocenters. The van der Waals surface area contributed by atoms with E-state index in [0.717, 1.165) is 12.8 Å². The third-order valence-corrected chi connectivity index (χ3v) is 4.12. The second-order valence-corrected chi connectivity index (χ2v) is 6.32. The molecule has 1 atom stereocenters. The first-order chi connectivity index (χ1) is 9.27. The Morgan fingerprint density at radius 2 is 1.90 bits per heavy atom. The summed E-state index contributed by atoms with van der Waals surface area (Å²) in [7, 11) is 4.02. The van der Waals surface area contributed by atoms with E-state index in [9.17, 15) is 9.59 Å². The van der Waals surface area contributed by atoms with Gasteiger partial charge in [-0.05, 0) is 45.7 Å². The number of rotatable bonds is 7. The molecule has 2 amide bonds. The lowest BCUT2D eigenvalue weighted by Gasteiger charge is -2.47. The van der Waals surface area contributed by atoms with Crippen LogP contribution in [-0.2, 0) is 4.79 Å². The van der Waals surface area contributed by atoms with Gasteiger partial charge in [-0.15, -0.1) is 0 Å². The molecule has 116 valence electrons. The minimum atomic E-state index is -0.986. The average Bonchev–Trinajstić information content (AvgIpc) is 2.25. The summed E-state index contributed by atoms with van der Waals surface area (Å²) in [5.41, 5.74) is 0.0358. The monoisotopic (exact) mass is 285 g/mol. The van der Waals surface area contributed by atoms with E-state index >= 15 is 0 Å². The van der Waals surface area contributed by atoms with Crippen LogP contribution in [0.4, 0.5) is 4.79 Å². The number of nitrogens with zero attached hydrogens (tertiary/aromatic N) is 1. The zero-order valence-electron chi connectivity index (χ0n) is 12.9. The fourth-order valence-corrected chi connectivity index (χ4v) is 2.51. The molecule has 1 rings (SSSR count). The van der Waals surface area contributed by atoms with Crippen molar-refractivity contribution in [2.45, 2.75) is 51.1 Å². The van der Waals surface area contributed by atoms with Crippen LogP contribution in [0.1, 0.15) is 39.5 Å². The van der Waals surface area contributed by atoms with Crippen molar-refractivity contribution in [3.05, 3.63) is 0 Å². The molecule has 6 nitrogen and oxygen atoms in total. The number of carboxylic acid groups (broad SMARTS) is 1. The second-order valence-electron chi connectivity index (χ2n) is 6.32. The summed E-state index contributed by atoms with van der Waals surface area (Å²) < 4.78 is 0. The molecule has 0 bridgehead atoms. The number of nitrogens with one attached hydrogen (secondary N) is 2. The first-order valence-corrected chi connectivity index (χ1v) is 7.21. The minimum absolute atomic E-state index is 0.0358. The number of carbonyl (C=O) groups is 2. The molecule has 20 heavy (non-hydrogen) atoms. The summed E-state index contributed by atoms with van der Waals surface area (Å²) in [4.78, 5) is 25.1. The highest BCUT2D eigenvalue weighted by Crippen LogP contribution is 2.35. The Morgan fingerprint density at radius 1 is 1.30 bits per heavy atom. The van der Waals surface area contributed by atoms with E-state index in [1.807, 2.05) is 27.9 Å². The largest absolute Gasteiger partial charge is 0.480 e. The van der Waals surface area contributed by atoms with Crippen LogP contribution in [0.3, 0.4) is 0 Å². The molecule has 0 aromatic rings. The van der Waals surface area contributed by atoms with Gasteiger partial charge in [-0.2, -0.15) is 0 Å². The van der Waals surface area contributed by atoms with Crippen molar-refractivity contribution < 1.29 is 14.7 Å². The van der Waals surface area contributed by atoms with Crippen molar-refractivity contribution >= 4 is 12.0 Å². The SMILES string of the molecule is CC(C)C[C@@H](NC(=O)NCC1(N(C)C)CCC1)C(=O)O. The fourth-order valence-electron chi connectivity index (χ4n) is 2.51. The van der Waals surface area contributed by atoms with Gasteiger partial charge in [0.15, 0.2) is 0 Å². The van der Waals surface area contributed by atoms with E-state index in [1.54, 1.807) is 0 Å². The van der Waals surface area contributed by atoms with Gasteiger partial charge in [-0.3, -0.25) is 0 Å². The molecule has 0 saturated heterocycles. The molecular formula is C14H27N3O3. The first-order valence-electron chi connectivity index (χ1n) is 7.21. The quantitative estimate of drug-likeness (QED) is 0.658. The number of carbonyl (C=O) groups excluding carboxylic acids is 1. The van der Waals surface area contributed by atoms with Crippen molar-refractivity contribution in [1.82, 2.24) is 15.5 Å². The zero-order chi connectivity index (χ0) is 15.3. The normalized spacial score (nSPS) is 18.5. The summed E-state index contributed by atoms with van der Waals surface area (Å²) in [6, 6.07) is -1.22. The van der Waals surface area contributed by atoms with E-state index in [1.165, 1.54) is 6.42 Å². The molecule has 1 saturated carbocycles. The zero-order valence-corrected chi connectivity index (χ0v) is 12.9. The van der Waals surface area contributed by atoms with Gasteiger partial charge in [-0.25, -0.2) is 9.59 Å². The number of aliphatic carboxylic acids is 1. The van der Waals surface area contributed by atoms with E-state index in [2.05, 4.69) is 15.5 Å². The number of urea groups is 1. The van der Waals surface area contributed by atoms with Crippen molar-refractivity contribution in [3.8, 4) is 0 Å². The highest BCUT2D eigenvalue weighted by atomic mass is 16.4. The van der Waals surface area contributed by atoms with Crippen LogP contribution in [0.5, 0.6) is 0 Å². The molecule has 1 fully saturated rings. The Morgan fingerprint density at radius 3 is 2.25 bits per heavy atom. The number of hydrogen-bond donors (Lipinski definition) is 3. The molecule has 3 N–H and O–H groups in total. The first kappa shape index (κ1) is 16.8. The van der Waals surface area contributed by atoms with Crippen LogP contribution in [0.25, 0.3) is 0 Å². The molecule has 0 spiro atoms. The van der Waals surface area contributed by atoms with Crippen molar-refractivity contribution in [2.24, 2.45) is 5.92 Å². The van der Waals surface area contributed by atoms with Crippen LogP contribution in [-0.4, -0.2) is 54.2 Å². The molecule has 0 aromatic heterocycles. The van der Waals surface area contributed by atoms with E-state index < -0.39 is 18.0 Å². The maximum Gasteiger partial charge on any atom is 0.326 e. The summed E-state index contributed by atoms with van der Waals surface area (Å²) >= 11 is 0. The number of amides is 2. The number of hydrogen-bond acceptors (Lipinski definition) is 3. The predicted octanol–water partition coefficient (Wildman–Crippen LogP) is 1.27. The lowest BCUT2D eigenvalue weighted by Crippen LogP contribution is -2.59. The maximum atomic E-state index is 11.8. The van der Waals surface area contributed by atoms with Gasteiger partial charge in [0.25, 0.3) is 0 Å². The molecular weight excluding hydrogens is 258 g/mol. The molecule has 1 aliphatic carbocycles. The number of likely N-dealkylation sites (N-methyl/N-ethyl adjacent to an activating group) is 1. The molecule has 0 aromatic carbocycles. The topological polar surface area (TPSA) is 81.7 Å². The Balaban J connectivity index is 2.44. The smallest absolute Gasteiger partial charge is 0.326 e. The fraction of sp³-hybridized carbons (Fsp3) is 0.857. The Hall–Kier alpha value is -1.30. The minimum Gasteiger partial charge on any atom is -0.480 e. The van der Waals surface area contributed by atoms with Crippen molar-refractivity contribution in [1.29, 1.82) is 0 Å². The second kappa shape index (κ2) is 6.92. The Labute approximate surface area is 120 Å². The van der Waals surface area contributed by atoms with Crippen molar-refractivity contribution in [3.63, 3.8) is 0 Å². The van der Waals surface area contributed by atoms with Gasteiger partial charge >= 0.3 is 12.0 Å². The lowest BCUT2D eigenvalue weighted by molar-refractivity contribution is -0.139. The van der Waals surface area contributed by atoms with Gasteiger partial charge in [0.05, 0.1) is 0 Å². The third kappa shape index (κ3) is 4.37. The van der Waals surface area contributed by atoms with Crippen LogP contribution < -0.4 is 10.6 Å². The molecule has 0 aliphatic heterocycles. The molecule has 6 heteroatoms. The Bertz CT molecular complexity index is 352. The van der Waals surface area contributed by atoms with Gasteiger partial charge in [-0.1, -0.05) is 13.8 Å². The summed E-state index contributed by atoms with van der Waals surface area (Å²) in [5.74, 6) is -0.768. The maximum absolute atomic E-state index is 11.8. The van der Waals surface area contributed by atoms with Crippen LogP contribution in [0.15, 0.2) is 0 Å². The van der Waals surface area contributed by atoms with E-state index in [4.69, 9.17) is 5.11 Å². The highest BCUT2D eigenvalue weighted by molar-refractivity contribution is 5.82. The van der Waals surface area contributed by atoms with E-state index in [0.29, 0.717) is 13.0 Å². The molecule has 0 radical (unpaired) electrons. The van der Waals surface area contributed by atoms with Gasteiger partial charge < -0.3 is 20.6 Å².